The lowest BCUT2D eigenvalue weighted by molar-refractivity contribution is -0.0766. The zero-order valence-corrected chi connectivity index (χ0v) is 28.2. The maximum Gasteiger partial charge on any atom is 0.178 e. The molecule has 3 saturated heterocycles. The zero-order valence-electron chi connectivity index (χ0n) is 27.4. The largest absolute Gasteiger partial charge is 0.392 e. The summed E-state index contributed by atoms with van der Waals surface area (Å²) < 4.78 is 57.8. The predicted octanol–water partition coefficient (Wildman–Crippen LogP) is 4.56. The summed E-state index contributed by atoms with van der Waals surface area (Å²) >= 11 is 0. The number of nitrogens with two attached hydrogens (primary N) is 1. The maximum atomic E-state index is 13.5. The van der Waals surface area contributed by atoms with Crippen LogP contribution in [-0.4, -0.2) is 95.0 Å². The number of benzene rings is 1. The van der Waals surface area contributed by atoms with Crippen LogP contribution in [0.3, 0.4) is 0 Å². The molecule has 256 valence electrons. The van der Waals surface area contributed by atoms with Gasteiger partial charge in [0.1, 0.15) is 0 Å². The molecule has 1 aromatic rings. The second-order valence-electron chi connectivity index (χ2n) is 12.8. The van der Waals surface area contributed by atoms with Crippen molar-refractivity contribution in [1.29, 1.82) is 0 Å². The highest BCUT2D eigenvalue weighted by Crippen LogP contribution is 2.41. The van der Waals surface area contributed by atoms with E-state index >= 15 is 0 Å². The van der Waals surface area contributed by atoms with Crippen LogP contribution in [0.25, 0.3) is 0 Å². The first-order chi connectivity index (χ1) is 22.1. The lowest BCUT2D eigenvalue weighted by Gasteiger charge is -2.38. The summed E-state index contributed by atoms with van der Waals surface area (Å²) in [7, 11) is -2.08. The van der Waals surface area contributed by atoms with Crippen LogP contribution in [0, 0.1) is 11.8 Å². The Labute approximate surface area is 275 Å². The fraction of sp³-hybridized carbons (Fsp3) is 0.611. The molecule has 3 aliphatic heterocycles. The Kier molecular flexibility index (Phi) is 13.8. The van der Waals surface area contributed by atoms with Gasteiger partial charge in [-0.05, 0) is 48.5 Å². The number of aliphatic hydroxyl groups is 1. The van der Waals surface area contributed by atoms with Crippen LogP contribution < -0.4 is 5.73 Å². The first-order valence-electron chi connectivity index (χ1n) is 16.4. The van der Waals surface area contributed by atoms with Crippen molar-refractivity contribution in [3.05, 3.63) is 79.4 Å². The molecule has 3 aliphatic rings. The van der Waals surface area contributed by atoms with Gasteiger partial charge < -0.3 is 34.5 Å². The molecular formula is C36H53NO8S. The van der Waals surface area contributed by atoms with Crippen molar-refractivity contribution in [1.82, 2.24) is 0 Å². The number of sulfone groups is 1. The molecule has 3 N–H and O–H groups in total. The van der Waals surface area contributed by atoms with Crippen LogP contribution >= 0.6 is 0 Å². The number of methoxy groups -OCH3 is 1. The standard InChI is InChI=1S/C36H53NO8S/c1-6-16-42-17-10-11-28-19-25(3)32(43-28)15-14-29-18-24(2)26(4)33(44-29)21-34-31(23-46(39,40)30-12-8-7-9-13-30)36(41-5)35(45-34)20-27(38)22-37/h6-13,24,27-29,31-36,38H,1,3-4,14-23,37H2,2,5H3/b11-10+/t24-,27+,28?,29+,31+,32+,33?,34+,35-,36-/m1/s1. The van der Waals surface area contributed by atoms with E-state index in [0.717, 1.165) is 36.8 Å². The molecule has 4 rings (SSSR count). The van der Waals surface area contributed by atoms with Gasteiger partial charge in [0.2, 0.25) is 0 Å². The Morgan fingerprint density at radius 1 is 1.09 bits per heavy atom. The molecule has 0 bridgehead atoms. The molecule has 0 aliphatic carbocycles. The molecule has 0 spiro atoms. The van der Waals surface area contributed by atoms with E-state index in [4.69, 9.17) is 29.4 Å². The van der Waals surface area contributed by atoms with Gasteiger partial charge in [0.25, 0.3) is 0 Å². The Hall–Kier alpha value is -2.15. The molecule has 0 radical (unpaired) electrons. The molecule has 1 aromatic carbocycles. The highest BCUT2D eigenvalue weighted by molar-refractivity contribution is 7.91. The van der Waals surface area contributed by atoms with Gasteiger partial charge in [0.15, 0.2) is 9.84 Å². The normalized spacial score (nSPS) is 32.7. The molecular weight excluding hydrogens is 606 g/mol. The van der Waals surface area contributed by atoms with Crippen LogP contribution in [0.5, 0.6) is 0 Å². The summed E-state index contributed by atoms with van der Waals surface area (Å²) in [5, 5.41) is 10.4. The van der Waals surface area contributed by atoms with E-state index in [1.54, 1.807) is 43.5 Å². The van der Waals surface area contributed by atoms with E-state index in [2.05, 4.69) is 26.7 Å². The molecule has 3 heterocycles. The fourth-order valence-electron chi connectivity index (χ4n) is 6.92. The van der Waals surface area contributed by atoms with E-state index in [1.165, 1.54) is 0 Å². The molecule has 46 heavy (non-hydrogen) atoms. The topological polar surface area (TPSA) is 127 Å². The average Bonchev–Trinajstić information content (AvgIpc) is 3.55. The van der Waals surface area contributed by atoms with Crippen LogP contribution in [0.4, 0.5) is 0 Å². The quantitative estimate of drug-likeness (QED) is 0.183. The Balaban J connectivity index is 1.42. The van der Waals surface area contributed by atoms with Crippen LogP contribution in [0.1, 0.15) is 45.4 Å². The van der Waals surface area contributed by atoms with Gasteiger partial charge in [-0.25, -0.2) is 8.42 Å². The summed E-state index contributed by atoms with van der Waals surface area (Å²) in [6, 6.07) is 8.44. The zero-order chi connectivity index (χ0) is 33.3. The lowest BCUT2D eigenvalue weighted by Crippen LogP contribution is -2.40. The second-order valence-corrected chi connectivity index (χ2v) is 14.9. The Morgan fingerprint density at radius 2 is 1.85 bits per heavy atom. The van der Waals surface area contributed by atoms with Gasteiger partial charge >= 0.3 is 0 Å². The third-order valence-corrected chi connectivity index (χ3v) is 11.3. The first-order valence-corrected chi connectivity index (χ1v) is 18.1. The third-order valence-electron chi connectivity index (χ3n) is 9.45. The van der Waals surface area contributed by atoms with Crippen molar-refractivity contribution in [3.63, 3.8) is 0 Å². The van der Waals surface area contributed by atoms with Crippen molar-refractivity contribution in [2.75, 3.05) is 32.6 Å². The summed E-state index contributed by atoms with van der Waals surface area (Å²) in [6.07, 6.45) is 7.02. The van der Waals surface area contributed by atoms with Gasteiger partial charge in [-0.1, -0.05) is 56.5 Å². The minimum atomic E-state index is -3.64. The molecule has 0 saturated carbocycles. The van der Waals surface area contributed by atoms with E-state index in [9.17, 15) is 13.5 Å². The molecule has 2 unspecified atom stereocenters. The van der Waals surface area contributed by atoms with Crippen LogP contribution in [0.2, 0.25) is 0 Å². The van der Waals surface area contributed by atoms with Crippen molar-refractivity contribution in [3.8, 4) is 0 Å². The van der Waals surface area contributed by atoms with Crippen LogP contribution in [0.15, 0.2) is 84.3 Å². The highest BCUT2D eigenvalue weighted by Gasteiger charge is 2.48. The number of hydrogen-bond acceptors (Lipinski definition) is 9. The molecule has 10 heteroatoms. The highest BCUT2D eigenvalue weighted by atomic mass is 32.2. The molecule has 0 aromatic heterocycles. The minimum absolute atomic E-state index is 0.00775. The van der Waals surface area contributed by atoms with E-state index in [1.807, 2.05) is 12.2 Å². The smallest absolute Gasteiger partial charge is 0.178 e. The van der Waals surface area contributed by atoms with Crippen LogP contribution in [-0.2, 0) is 33.5 Å². The summed E-state index contributed by atoms with van der Waals surface area (Å²) in [6.45, 7) is 15.6. The van der Waals surface area contributed by atoms with Gasteiger partial charge in [-0.3, -0.25) is 0 Å². The van der Waals surface area contributed by atoms with Gasteiger partial charge in [-0.2, -0.15) is 0 Å². The Bertz CT molecular complexity index is 1280. The van der Waals surface area contributed by atoms with Crippen molar-refractivity contribution >= 4 is 9.84 Å². The van der Waals surface area contributed by atoms with Crippen molar-refractivity contribution in [2.24, 2.45) is 17.6 Å². The van der Waals surface area contributed by atoms with E-state index < -0.39 is 40.2 Å². The number of rotatable bonds is 17. The third kappa shape index (κ3) is 9.70. The second kappa shape index (κ2) is 17.3. The molecule has 10 atom stereocenters. The van der Waals surface area contributed by atoms with Crippen molar-refractivity contribution in [2.45, 2.75) is 99.2 Å². The summed E-state index contributed by atoms with van der Waals surface area (Å²) in [4.78, 5) is 0.260. The van der Waals surface area contributed by atoms with Gasteiger partial charge in [0.05, 0.1) is 72.7 Å². The monoisotopic (exact) mass is 659 g/mol. The summed E-state index contributed by atoms with van der Waals surface area (Å²) in [5.74, 6) is -0.395. The number of hydrogen-bond donors (Lipinski definition) is 2. The van der Waals surface area contributed by atoms with E-state index in [0.29, 0.717) is 19.6 Å². The van der Waals surface area contributed by atoms with Gasteiger partial charge in [0, 0.05) is 38.8 Å². The first kappa shape index (κ1) is 36.7. The number of ether oxygens (including phenoxy) is 5. The predicted molar refractivity (Wildman–Crippen MR) is 179 cm³/mol. The fourth-order valence-corrected chi connectivity index (χ4v) is 8.59. The van der Waals surface area contributed by atoms with Gasteiger partial charge in [-0.15, -0.1) is 6.58 Å². The van der Waals surface area contributed by atoms with E-state index in [-0.39, 0.29) is 53.9 Å². The molecule has 9 nitrogen and oxygen atoms in total. The average molecular weight is 660 g/mol. The summed E-state index contributed by atoms with van der Waals surface area (Å²) in [5.41, 5.74) is 7.78. The van der Waals surface area contributed by atoms with Crippen molar-refractivity contribution < 1.29 is 37.2 Å². The SMILES string of the molecule is C=CCOC/C=C/C1CC(=C)[C@H](CC[C@H]2C[C@@H](C)C(=C)C(C[C@@H]3O[C@H](C[C@H](O)CN)[C@H](OC)[C@H]3CS(=O)(=O)c3ccccc3)O2)O1. The maximum absolute atomic E-state index is 13.5. The molecule has 3 fully saturated rings. The minimum Gasteiger partial charge on any atom is -0.392 e. The Morgan fingerprint density at radius 3 is 2.54 bits per heavy atom. The molecule has 0 amide bonds. The number of aliphatic hydroxyl groups excluding tert-OH is 1. The lowest BCUT2D eigenvalue weighted by atomic mass is 9.83.